The van der Waals surface area contributed by atoms with E-state index in [-0.39, 0.29) is 0 Å². The Labute approximate surface area is 108 Å². The third kappa shape index (κ3) is 3.71. The van der Waals surface area contributed by atoms with Gasteiger partial charge in [0, 0.05) is 0 Å². The first-order valence-corrected chi connectivity index (χ1v) is 8.03. The molecule has 0 radical (unpaired) electrons. The van der Waals surface area contributed by atoms with Crippen LogP contribution in [0.5, 0.6) is 0 Å². The fourth-order valence-corrected chi connectivity index (χ4v) is 4.21. The minimum Gasteiger partial charge on any atom is -0.330 e. The quantitative estimate of drug-likeness (QED) is 0.755. The zero-order valence-electron chi connectivity index (χ0n) is 11.7. The molecule has 0 spiro atoms. The van der Waals surface area contributed by atoms with Gasteiger partial charge in [0.2, 0.25) is 0 Å². The zero-order valence-corrected chi connectivity index (χ0v) is 11.7. The summed E-state index contributed by atoms with van der Waals surface area (Å²) >= 11 is 0. The summed E-state index contributed by atoms with van der Waals surface area (Å²) < 4.78 is 0. The molecule has 2 saturated carbocycles. The predicted molar refractivity (Wildman–Crippen MR) is 74.9 cm³/mol. The van der Waals surface area contributed by atoms with Gasteiger partial charge in [0.25, 0.3) is 0 Å². The van der Waals surface area contributed by atoms with Crippen molar-refractivity contribution < 1.29 is 0 Å². The van der Waals surface area contributed by atoms with Crippen LogP contribution in [0.2, 0.25) is 0 Å². The van der Waals surface area contributed by atoms with Crippen molar-refractivity contribution in [1.29, 1.82) is 0 Å². The summed E-state index contributed by atoms with van der Waals surface area (Å²) in [7, 11) is 0. The van der Waals surface area contributed by atoms with Gasteiger partial charge in [-0.2, -0.15) is 0 Å². The topological polar surface area (TPSA) is 26.0 Å². The highest BCUT2D eigenvalue weighted by molar-refractivity contribution is 4.81. The molecule has 0 aromatic heterocycles. The normalized spacial score (nSPS) is 35.3. The molecule has 2 aliphatic carbocycles. The van der Waals surface area contributed by atoms with E-state index < -0.39 is 0 Å². The predicted octanol–water partition coefficient (Wildman–Crippen LogP) is 4.36. The van der Waals surface area contributed by atoms with E-state index in [4.69, 9.17) is 5.73 Å². The van der Waals surface area contributed by atoms with Crippen LogP contribution < -0.4 is 5.73 Å². The Morgan fingerprint density at radius 3 is 2.29 bits per heavy atom. The fourth-order valence-electron chi connectivity index (χ4n) is 4.21. The van der Waals surface area contributed by atoms with E-state index >= 15 is 0 Å². The van der Waals surface area contributed by atoms with Gasteiger partial charge >= 0.3 is 0 Å². The van der Waals surface area contributed by atoms with Crippen molar-refractivity contribution in [2.24, 2.45) is 29.4 Å². The lowest BCUT2D eigenvalue weighted by Crippen LogP contribution is -2.30. The molecular formula is C16H31N. The van der Waals surface area contributed by atoms with E-state index in [1.165, 1.54) is 64.2 Å². The second-order valence-electron chi connectivity index (χ2n) is 6.57. The van der Waals surface area contributed by atoms with Crippen LogP contribution in [0.3, 0.4) is 0 Å². The average molecular weight is 237 g/mol. The fraction of sp³-hybridized carbons (Fsp3) is 1.00. The number of hydrogen-bond donors (Lipinski definition) is 1. The Kier molecular flexibility index (Phi) is 5.34. The zero-order chi connectivity index (χ0) is 12.1. The van der Waals surface area contributed by atoms with Crippen LogP contribution in [-0.2, 0) is 0 Å². The van der Waals surface area contributed by atoms with Crippen molar-refractivity contribution in [1.82, 2.24) is 0 Å². The average Bonchev–Trinajstić information content (AvgIpc) is 2.89. The summed E-state index contributed by atoms with van der Waals surface area (Å²) in [6.45, 7) is 3.30. The maximum atomic E-state index is 5.96. The summed E-state index contributed by atoms with van der Waals surface area (Å²) in [6, 6.07) is 0. The van der Waals surface area contributed by atoms with Crippen LogP contribution in [0.15, 0.2) is 0 Å². The number of rotatable bonds is 5. The maximum Gasteiger partial charge on any atom is -0.00462 e. The van der Waals surface area contributed by atoms with Gasteiger partial charge in [-0.1, -0.05) is 51.9 Å². The Bertz CT molecular complexity index is 208. The third-order valence-electron chi connectivity index (χ3n) is 5.55. The van der Waals surface area contributed by atoms with Gasteiger partial charge in [-0.05, 0) is 49.5 Å². The van der Waals surface area contributed by atoms with Gasteiger partial charge in [-0.25, -0.2) is 0 Å². The first-order valence-electron chi connectivity index (χ1n) is 8.03. The molecule has 2 N–H and O–H groups in total. The van der Waals surface area contributed by atoms with Gasteiger partial charge < -0.3 is 5.73 Å². The largest absolute Gasteiger partial charge is 0.330 e. The summed E-state index contributed by atoms with van der Waals surface area (Å²) in [6.07, 6.45) is 14.7. The Balaban J connectivity index is 1.77. The van der Waals surface area contributed by atoms with E-state index in [1.54, 1.807) is 0 Å². The molecule has 0 aromatic rings. The monoisotopic (exact) mass is 237 g/mol. The molecule has 2 rings (SSSR count). The van der Waals surface area contributed by atoms with Crippen LogP contribution in [-0.4, -0.2) is 6.54 Å². The number of nitrogens with two attached hydrogens (primary N) is 1. The highest BCUT2D eigenvalue weighted by Gasteiger charge is 2.29. The number of hydrogen-bond acceptors (Lipinski definition) is 1. The maximum absolute atomic E-state index is 5.96. The molecule has 1 heteroatoms. The molecule has 2 fully saturated rings. The molecular weight excluding hydrogens is 206 g/mol. The van der Waals surface area contributed by atoms with Crippen molar-refractivity contribution in [3.05, 3.63) is 0 Å². The van der Waals surface area contributed by atoms with Crippen molar-refractivity contribution >= 4 is 0 Å². The third-order valence-corrected chi connectivity index (χ3v) is 5.55. The van der Waals surface area contributed by atoms with Crippen molar-refractivity contribution in [2.75, 3.05) is 6.54 Å². The van der Waals surface area contributed by atoms with Crippen molar-refractivity contribution in [2.45, 2.75) is 71.1 Å². The van der Waals surface area contributed by atoms with Gasteiger partial charge in [0.05, 0.1) is 0 Å². The summed E-state index contributed by atoms with van der Waals surface area (Å²) in [5, 5.41) is 0. The first kappa shape index (κ1) is 13.4. The lowest BCUT2D eigenvalue weighted by atomic mass is 9.71. The molecule has 2 aliphatic rings. The van der Waals surface area contributed by atoms with Crippen LogP contribution in [0.1, 0.15) is 71.1 Å². The summed E-state index contributed by atoms with van der Waals surface area (Å²) in [5.74, 6) is 3.88. The van der Waals surface area contributed by atoms with E-state index in [2.05, 4.69) is 6.92 Å². The Hall–Kier alpha value is -0.0400. The molecule has 1 nitrogen and oxygen atoms in total. The minimum absolute atomic E-state index is 0.846. The Morgan fingerprint density at radius 1 is 0.882 bits per heavy atom. The highest BCUT2D eigenvalue weighted by atomic mass is 14.6. The van der Waals surface area contributed by atoms with Crippen molar-refractivity contribution in [3.8, 4) is 0 Å². The van der Waals surface area contributed by atoms with Gasteiger partial charge in [0.15, 0.2) is 0 Å². The molecule has 0 bridgehead atoms. The lowest BCUT2D eigenvalue weighted by Gasteiger charge is -2.36. The molecule has 0 aliphatic heterocycles. The van der Waals surface area contributed by atoms with E-state index in [0.29, 0.717) is 0 Å². The molecule has 3 unspecified atom stereocenters. The molecule has 0 aromatic carbocycles. The molecule has 3 atom stereocenters. The van der Waals surface area contributed by atoms with Gasteiger partial charge in [-0.3, -0.25) is 0 Å². The minimum atomic E-state index is 0.846. The van der Waals surface area contributed by atoms with Gasteiger partial charge in [0.1, 0.15) is 0 Å². The van der Waals surface area contributed by atoms with Crippen molar-refractivity contribution in [3.63, 3.8) is 0 Å². The smallest absolute Gasteiger partial charge is 0.00462 e. The van der Waals surface area contributed by atoms with Crippen LogP contribution in [0.25, 0.3) is 0 Å². The van der Waals surface area contributed by atoms with Gasteiger partial charge in [-0.15, -0.1) is 0 Å². The van der Waals surface area contributed by atoms with E-state index in [9.17, 15) is 0 Å². The highest BCUT2D eigenvalue weighted by Crippen LogP contribution is 2.39. The van der Waals surface area contributed by atoms with E-state index in [0.717, 1.165) is 30.2 Å². The lowest BCUT2D eigenvalue weighted by molar-refractivity contribution is 0.162. The molecule has 100 valence electrons. The second-order valence-corrected chi connectivity index (χ2v) is 6.57. The summed E-state index contributed by atoms with van der Waals surface area (Å²) in [4.78, 5) is 0. The molecule has 0 amide bonds. The second kappa shape index (κ2) is 6.78. The molecule has 0 saturated heterocycles. The van der Waals surface area contributed by atoms with Crippen LogP contribution >= 0.6 is 0 Å². The van der Waals surface area contributed by atoms with Crippen LogP contribution in [0, 0.1) is 23.7 Å². The molecule has 0 heterocycles. The molecule has 17 heavy (non-hydrogen) atoms. The first-order chi connectivity index (χ1) is 8.33. The summed E-state index contributed by atoms with van der Waals surface area (Å²) in [5.41, 5.74) is 5.96. The Morgan fingerprint density at radius 2 is 1.65 bits per heavy atom. The standard InChI is InChI=1S/C16H31N/c1-2-13-7-10-16(12-17)15(11-13)9-8-14-5-3-4-6-14/h13-16H,2-12,17H2,1H3. The van der Waals surface area contributed by atoms with Crippen LogP contribution in [0.4, 0.5) is 0 Å². The SMILES string of the molecule is CCC1CCC(CN)C(CCC2CCCC2)C1. The van der Waals surface area contributed by atoms with E-state index in [1.807, 2.05) is 0 Å².